The number of halogens is 1. The predicted octanol–water partition coefficient (Wildman–Crippen LogP) is 6.13. The molecule has 0 saturated carbocycles. The Morgan fingerprint density at radius 1 is 0.840 bits per heavy atom. The van der Waals surface area contributed by atoms with E-state index in [4.69, 9.17) is 4.74 Å². The Kier molecular flexibility index (Phi) is 6.64. The molecule has 0 aliphatic heterocycles. The van der Waals surface area contributed by atoms with Crippen LogP contribution < -0.4 is 4.74 Å². The molecule has 0 radical (unpaired) electrons. The summed E-state index contributed by atoms with van der Waals surface area (Å²) < 4.78 is 18.1. The molecule has 0 aliphatic carbocycles. The Hall–Kier alpha value is -2.03. The van der Waals surface area contributed by atoms with E-state index in [1.54, 1.807) is 13.2 Å². The molecule has 2 nitrogen and oxygen atoms in total. The molecule has 25 heavy (non-hydrogen) atoms. The van der Waals surface area contributed by atoms with Gasteiger partial charge in [0.1, 0.15) is 17.3 Å². The molecule has 0 spiro atoms. The first-order valence-electron chi connectivity index (χ1n) is 8.50. The second-order valence-electron chi connectivity index (χ2n) is 8.38. The quantitative estimate of drug-likeness (QED) is 0.673. The number of hydrogen-bond donors (Lipinski definition) is 1. The van der Waals surface area contributed by atoms with Gasteiger partial charge < -0.3 is 9.84 Å². The molecule has 3 heteroatoms. The number of hydrogen-bond acceptors (Lipinski definition) is 2. The maximum Gasteiger partial charge on any atom is 0.127 e. The summed E-state index contributed by atoms with van der Waals surface area (Å²) in [6.45, 7) is 14.4. The molecule has 0 fully saturated rings. The van der Waals surface area contributed by atoms with Gasteiger partial charge in [-0.2, -0.15) is 0 Å². The van der Waals surface area contributed by atoms with Gasteiger partial charge in [0.05, 0.1) is 7.11 Å². The molecule has 2 aromatic carbocycles. The highest BCUT2D eigenvalue weighted by Gasteiger charge is 2.15. The fourth-order valence-corrected chi connectivity index (χ4v) is 2.19. The summed E-state index contributed by atoms with van der Waals surface area (Å²) in [6, 6.07) is 10.7. The maximum atomic E-state index is 13.1. The minimum absolute atomic E-state index is 0.0462. The number of aromatic hydroxyl groups is 1. The Morgan fingerprint density at radius 3 is 1.84 bits per heavy atom. The van der Waals surface area contributed by atoms with Crippen LogP contribution in [0.3, 0.4) is 0 Å². The van der Waals surface area contributed by atoms with Gasteiger partial charge in [0.25, 0.3) is 0 Å². The molecule has 2 aromatic rings. The minimum atomic E-state index is -0.246. The first kappa shape index (κ1) is 21.0. The summed E-state index contributed by atoms with van der Waals surface area (Å²) in [6.07, 6.45) is 0. The highest BCUT2D eigenvalue weighted by atomic mass is 19.1. The first-order chi connectivity index (χ1) is 11.3. The lowest BCUT2D eigenvalue weighted by Gasteiger charge is -2.19. The van der Waals surface area contributed by atoms with Crippen molar-refractivity contribution in [2.45, 2.75) is 59.3 Å². The zero-order chi connectivity index (χ0) is 19.4. The third kappa shape index (κ3) is 6.41. The van der Waals surface area contributed by atoms with Gasteiger partial charge >= 0.3 is 0 Å². The molecular formula is C22H31FO2. The zero-order valence-corrected chi connectivity index (χ0v) is 16.7. The number of ether oxygens (including phenoxy) is 1. The number of benzene rings is 2. The molecule has 0 atom stereocenters. The molecule has 0 unspecified atom stereocenters. The largest absolute Gasteiger partial charge is 0.508 e. The van der Waals surface area contributed by atoms with Crippen molar-refractivity contribution in [1.29, 1.82) is 0 Å². The summed E-state index contributed by atoms with van der Waals surface area (Å²) in [5, 5.41) is 9.46. The Bertz CT molecular complexity index is 707. The lowest BCUT2D eigenvalue weighted by molar-refractivity contribution is 0.408. The third-order valence-electron chi connectivity index (χ3n) is 4.05. The van der Waals surface area contributed by atoms with Gasteiger partial charge in [-0.3, -0.25) is 0 Å². The standard InChI is InChI=1S/C11H15FO.C11H16O/c1-11(2,3)8-5-9(12)7-10(6-8)13-4;1-8-5-6-9(7-10(8)12)11(2,3)4/h5-7H,1-4H3;5-7,12H,1-4H3. The van der Waals surface area contributed by atoms with Crippen LogP contribution in [0.2, 0.25) is 0 Å². The third-order valence-corrected chi connectivity index (χ3v) is 4.05. The van der Waals surface area contributed by atoms with Gasteiger partial charge in [-0.15, -0.1) is 0 Å². The molecule has 0 bridgehead atoms. The number of methoxy groups -OCH3 is 1. The van der Waals surface area contributed by atoms with Crippen molar-refractivity contribution in [3.63, 3.8) is 0 Å². The van der Waals surface area contributed by atoms with Crippen molar-refractivity contribution in [2.24, 2.45) is 0 Å². The monoisotopic (exact) mass is 346 g/mol. The van der Waals surface area contributed by atoms with Crippen molar-refractivity contribution in [3.05, 3.63) is 58.9 Å². The molecule has 0 aliphatic rings. The summed E-state index contributed by atoms with van der Waals surface area (Å²) in [4.78, 5) is 0. The van der Waals surface area contributed by atoms with Crippen LogP contribution in [0.4, 0.5) is 4.39 Å². The molecule has 0 aromatic heterocycles. The van der Waals surface area contributed by atoms with E-state index in [0.29, 0.717) is 11.5 Å². The fraction of sp³-hybridized carbons (Fsp3) is 0.455. The van der Waals surface area contributed by atoms with Crippen LogP contribution in [-0.2, 0) is 10.8 Å². The molecule has 138 valence electrons. The maximum absolute atomic E-state index is 13.1. The number of rotatable bonds is 1. The van der Waals surface area contributed by atoms with Crippen LogP contribution in [0.1, 0.15) is 58.2 Å². The lowest BCUT2D eigenvalue weighted by Crippen LogP contribution is -2.11. The molecular weight excluding hydrogens is 315 g/mol. The van der Waals surface area contributed by atoms with E-state index in [9.17, 15) is 9.50 Å². The van der Waals surface area contributed by atoms with Gasteiger partial charge in [0.15, 0.2) is 0 Å². The number of phenols is 1. The summed E-state index contributed by atoms with van der Waals surface area (Å²) in [5.41, 5.74) is 3.12. The fourth-order valence-electron chi connectivity index (χ4n) is 2.19. The van der Waals surface area contributed by atoms with Crippen molar-refractivity contribution >= 4 is 0 Å². The number of phenolic OH excluding ortho intramolecular Hbond substituents is 1. The zero-order valence-electron chi connectivity index (χ0n) is 16.7. The minimum Gasteiger partial charge on any atom is -0.508 e. The Balaban J connectivity index is 0.000000251. The van der Waals surface area contributed by atoms with Crippen molar-refractivity contribution in [3.8, 4) is 11.5 Å². The van der Waals surface area contributed by atoms with E-state index < -0.39 is 0 Å². The van der Waals surface area contributed by atoms with E-state index in [-0.39, 0.29) is 16.6 Å². The first-order valence-corrected chi connectivity index (χ1v) is 8.50. The van der Waals surface area contributed by atoms with Crippen LogP contribution in [0.5, 0.6) is 11.5 Å². The Morgan fingerprint density at radius 2 is 1.40 bits per heavy atom. The van der Waals surface area contributed by atoms with E-state index >= 15 is 0 Å². The summed E-state index contributed by atoms with van der Waals surface area (Å²) >= 11 is 0. The predicted molar refractivity (Wildman–Crippen MR) is 103 cm³/mol. The van der Waals surface area contributed by atoms with Gasteiger partial charge in [0, 0.05) is 6.07 Å². The molecule has 2 rings (SSSR count). The van der Waals surface area contributed by atoms with Crippen molar-refractivity contribution in [2.75, 3.05) is 7.11 Å². The Labute approximate surface area is 151 Å². The van der Waals surface area contributed by atoms with Gasteiger partial charge in [-0.1, -0.05) is 53.7 Å². The van der Waals surface area contributed by atoms with Crippen molar-refractivity contribution < 1.29 is 14.2 Å². The second-order valence-corrected chi connectivity index (χ2v) is 8.38. The van der Waals surface area contributed by atoms with Gasteiger partial charge in [0.2, 0.25) is 0 Å². The van der Waals surface area contributed by atoms with Crippen LogP contribution in [-0.4, -0.2) is 12.2 Å². The second kappa shape index (κ2) is 7.90. The smallest absolute Gasteiger partial charge is 0.127 e. The van der Waals surface area contributed by atoms with Gasteiger partial charge in [-0.05, 0) is 52.6 Å². The molecule has 1 N–H and O–H groups in total. The molecule has 0 heterocycles. The van der Waals surface area contributed by atoms with Gasteiger partial charge in [-0.25, -0.2) is 4.39 Å². The average Bonchev–Trinajstić information content (AvgIpc) is 2.48. The molecule has 0 saturated heterocycles. The van der Waals surface area contributed by atoms with E-state index in [1.807, 2.05) is 45.9 Å². The van der Waals surface area contributed by atoms with Crippen LogP contribution in [0, 0.1) is 12.7 Å². The van der Waals surface area contributed by atoms with Crippen LogP contribution in [0.15, 0.2) is 36.4 Å². The highest BCUT2D eigenvalue weighted by molar-refractivity contribution is 5.38. The van der Waals surface area contributed by atoms with E-state index in [1.165, 1.54) is 11.6 Å². The van der Waals surface area contributed by atoms with E-state index in [0.717, 1.165) is 11.1 Å². The average molecular weight is 346 g/mol. The van der Waals surface area contributed by atoms with E-state index in [2.05, 4.69) is 26.8 Å². The lowest BCUT2D eigenvalue weighted by atomic mass is 9.86. The summed E-state index contributed by atoms with van der Waals surface area (Å²) in [5.74, 6) is 0.719. The topological polar surface area (TPSA) is 29.5 Å². The highest BCUT2D eigenvalue weighted by Crippen LogP contribution is 2.27. The summed E-state index contributed by atoms with van der Waals surface area (Å²) in [7, 11) is 1.54. The SMILES string of the molecule is COc1cc(F)cc(C(C)(C)C)c1.Cc1ccc(C(C)(C)C)cc1O. The molecule has 0 amide bonds. The van der Waals surface area contributed by atoms with Crippen molar-refractivity contribution in [1.82, 2.24) is 0 Å². The van der Waals surface area contributed by atoms with Crippen LogP contribution >= 0.6 is 0 Å². The number of aryl methyl sites for hydroxylation is 1. The normalized spacial score (nSPS) is 11.6. The van der Waals surface area contributed by atoms with Crippen LogP contribution in [0.25, 0.3) is 0 Å².